The molecule has 0 aliphatic carbocycles. The summed E-state index contributed by atoms with van der Waals surface area (Å²) in [6.07, 6.45) is 0.977. The number of benzene rings is 1. The van der Waals surface area contributed by atoms with Crippen molar-refractivity contribution in [2.45, 2.75) is 39.8 Å². The van der Waals surface area contributed by atoms with Gasteiger partial charge in [-0.15, -0.1) is 9.24 Å². The maximum atomic E-state index is 12.9. The van der Waals surface area contributed by atoms with Crippen molar-refractivity contribution in [3.05, 3.63) is 23.8 Å². The van der Waals surface area contributed by atoms with Gasteiger partial charge in [0.05, 0.1) is 14.2 Å². The number of rotatable bonds is 6. The van der Waals surface area contributed by atoms with Gasteiger partial charge in [0.25, 0.3) is 0 Å². The van der Waals surface area contributed by atoms with Crippen LogP contribution in [0.3, 0.4) is 0 Å². The van der Waals surface area contributed by atoms with E-state index in [1.165, 1.54) is 0 Å². The van der Waals surface area contributed by atoms with Crippen LogP contribution < -0.4 is 9.47 Å². The topological polar surface area (TPSA) is 35.5 Å². The Kier molecular flexibility index (Phi) is 6.22. The molecule has 0 N–H and O–H groups in total. The first-order valence-corrected chi connectivity index (χ1v) is 7.88. The number of hydrogen-bond acceptors (Lipinski definition) is 3. The predicted octanol–water partition coefficient (Wildman–Crippen LogP) is 4.20. The highest BCUT2D eigenvalue weighted by Crippen LogP contribution is 2.35. The summed E-state index contributed by atoms with van der Waals surface area (Å²) in [6.45, 7) is 8.68. The molecule has 3 atom stereocenters. The zero-order chi connectivity index (χ0) is 16.2. The summed E-state index contributed by atoms with van der Waals surface area (Å²) in [6, 6.07) is 5.41. The van der Waals surface area contributed by atoms with Gasteiger partial charge in [0.2, 0.25) is 0 Å². The highest BCUT2D eigenvalue weighted by molar-refractivity contribution is 7.19. The Labute approximate surface area is 130 Å². The number of carbonyl (C=O) groups excluding carboxylic acids is 1. The smallest absolute Gasteiger partial charge is 0.177 e. The SMILES string of the molecule is COc1cccc(OC)c1C(=O)C(P)C(C)CC(C)(C)C. The van der Waals surface area contributed by atoms with Crippen molar-refractivity contribution >= 4 is 15.0 Å². The maximum Gasteiger partial charge on any atom is 0.177 e. The van der Waals surface area contributed by atoms with E-state index in [0.717, 1.165) is 6.42 Å². The molecule has 0 spiro atoms. The fourth-order valence-corrected chi connectivity index (χ4v) is 2.91. The van der Waals surface area contributed by atoms with E-state index in [1.807, 2.05) is 6.07 Å². The van der Waals surface area contributed by atoms with Crippen molar-refractivity contribution in [1.29, 1.82) is 0 Å². The molecule has 3 unspecified atom stereocenters. The normalized spacial score (nSPS) is 14.4. The molecule has 4 heteroatoms. The maximum absolute atomic E-state index is 12.9. The molecular weight excluding hydrogens is 283 g/mol. The molecule has 0 radical (unpaired) electrons. The van der Waals surface area contributed by atoms with E-state index in [0.29, 0.717) is 17.1 Å². The molecule has 1 aromatic carbocycles. The molecule has 118 valence electrons. The van der Waals surface area contributed by atoms with Crippen LogP contribution in [0.4, 0.5) is 0 Å². The Morgan fingerprint density at radius 2 is 1.67 bits per heavy atom. The average molecular weight is 310 g/mol. The number of methoxy groups -OCH3 is 2. The van der Waals surface area contributed by atoms with Crippen LogP contribution in [-0.2, 0) is 0 Å². The molecule has 0 heterocycles. The van der Waals surface area contributed by atoms with Crippen molar-refractivity contribution in [3.63, 3.8) is 0 Å². The summed E-state index contributed by atoms with van der Waals surface area (Å²) in [4.78, 5) is 12.9. The molecule has 21 heavy (non-hydrogen) atoms. The van der Waals surface area contributed by atoms with Gasteiger partial charge in [-0.3, -0.25) is 4.79 Å². The lowest BCUT2D eigenvalue weighted by atomic mass is 9.82. The summed E-state index contributed by atoms with van der Waals surface area (Å²) in [5.74, 6) is 1.44. The van der Waals surface area contributed by atoms with Crippen LogP contribution in [0.15, 0.2) is 18.2 Å². The van der Waals surface area contributed by atoms with Crippen molar-refractivity contribution in [2.24, 2.45) is 11.3 Å². The summed E-state index contributed by atoms with van der Waals surface area (Å²) in [5, 5.41) is 0. The lowest BCUT2D eigenvalue weighted by Crippen LogP contribution is -2.26. The van der Waals surface area contributed by atoms with Gasteiger partial charge in [-0.25, -0.2) is 0 Å². The van der Waals surface area contributed by atoms with Gasteiger partial charge in [-0.1, -0.05) is 33.8 Å². The first-order valence-electron chi connectivity index (χ1n) is 7.22. The van der Waals surface area contributed by atoms with Crippen LogP contribution in [0, 0.1) is 11.3 Å². The van der Waals surface area contributed by atoms with E-state index in [1.54, 1.807) is 26.4 Å². The average Bonchev–Trinajstić information content (AvgIpc) is 2.42. The van der Waals surface area contributed by atoms with E-state index < -0.39 is 0 Å². The number of ketones is 1. The molecule has 0 amide bonds. The number of hydrogen-bond donors (Lipinski definition) is 0. The van der Waals surface area contributed by atoms with Crippen molar-refractivity contribution in [2.75, 3.05) is 14.2 Å². The van der Waals surface area contributed by atoms with E-state index in [9.17, 15) is 4.79 Å². The van der Waals surface area contributed by atoms with Crippen LogP contribution in [0.5, 0.6) is 11.5 Å². The quantitative estimate of drug-likeness (QED) is 0.583. The fourth-order valence-electron chi connectivity index (χ4n) is 2.61. The Morgan fingerprint density at radius 1 is 1.19 bits per heavy atom. The minimum atomic E-state index is -0.158. The Hall–Kier alpha value is -1.08. The number of Topliss-reactive ketones (excluding diaryl/α,β-unsaturated/α-hetero) is 1. The summed E-state index contributed by atoms with van der Waals surface area (Å²) >= 11 is 0. The highest BCUT2D eigenvalue weighted by Gasteiger charge is 2.29. The Balaban J connectivity index is 3.08. The second-order valence-electron chi connectivity index (χ2n) is 6.67. The van der Waals surface area contributed by atoms with Crippen LogP contribution in [0.25, 0.3) is 0 Å². The van der Waals surface area contributed by atoms with Crippen LogP contribution in [-0.4, -0.2) is 25.7 Å². The minimum absolute atomic E-state index is 0.0473. The van der Waals surface area contributed by atoms with Gasteiger partial charge in [0, 0.05) is 5.66 Å². The fraction of sp³-hybridized carbons (Fsp3) is 0.588. The molecular formula is C17H27O3P. The third kappa shape index (κ3) is 4.71. The molecule has 0 aromatic heterocycles. The van der Waals surface area contributed by atoms with Crippen molar-refractivity contribution in [1.82, 2.24) is 0 Å². The van der Waals surface area contributed by atoms with E-state index in [-0.39, 0.29) is 22.8 Å². The molecule has 1 aromatic rings. The largest absolute Gasteiger partial charge is 0.496 e. The summed E-state index contributed by atoms with van der Waals surface area (Å²) in [7, 11) is 5.83. The Morgan fingerprint density at radius 3 is 2.05 bits per heavy atom. The number of ether oxygens (including phenoxy) is 2. The van der Waals surface area contributed by atoms with Crippen LogP contribution in [0.1, 0.15) is 44.5 Å². The first kappa shape index (κ1) is 18.0. The molecule has 1 rings (SSSR count). The first-order chi connectivity index (χ1) is 9.71. The van der Waals surface area contributed by atoms with Gasteiger partial charge in [-0.2, -0.15) is 0 Å². The zero-order valence-corrected chi connectivity index (χ0v) is 15.1. The van der Waals surface area contributed by atoms with Crippen LogP contribution in [0.2, 0.25) is 0 Å². The van der Waals surface area contributed by atoms with Crippen molar-refractivity contribution in [3.8, 4) is 11.5 Å². The molecule has 0 aliphatic rings. The third-order valence-corrected chi connectivity index (χ3v) is 4.48. The molecule has 0 saturated carbocycles. The Bertz CT molecular complexity index is 469. The highest BCUT2D eigenvalue weighted by atomic mass is 31.0. The standard InChI is InChI=1S/C17H27O3P/c1-11(10-17(2,3)4)16(21)15(18)14-12(19-5)8-7-9-13(14)20-6/h7-9,11,16H,10,21H2,1-6H3. The zero-order valence-electron chi connectivity index (χ0n) is 13.9. The lowest BCUT2D eigenvalue weighted by Gasteiger charge is -2.27. The summed E-state index contributed by atoms with van der Waals surface area (Å²) in [5.41, 5.74) is 0.567. The molecule has 0 saturated heterocycles. The van der Waals surface area contributed by atoms with E-state index in [2.05, 4.69) is 36.9 Å². The molecule has 0 fully saturated rings. The van der Waals surface area contributed by atoms with E-state index in [4.69, 9.17) is 9.47 Å². The van der Waals surface area contributed by atoms with Gasteiger partial charge in [-0.05, 0) is 29.9 Å². The van der Waals surface area contributed by atoms with Gasteiger partial charge >= 0.3 is 0 Å². The predicted molar refractivity (Wildman–Crippen MR) is 90.6 cm³/mol. The van der Waals surface area contributed by atoms with Crippen molar-refractivity contribution < 1.29 is 14.3 Å². The van der Waals surface area contributed by atoms with Crippen LogP contribution >= 0.6 is 9.24 Å². The number of carbonyl (C=O) groups is 1. The van der Waals surface area contributed by atoms with Gasteiger partial charge in [0.1, 0.15) is 17.1 Å². The lowest BCUT2D eigenvalue weighted by molar-refractivity contribution is 0.0956. The minimum Gasteiger partial charge on any atom is -0.496 e. The monoisotopic (exact) mass is 310 g/mol. The second kappa shape index (κ2) is 7.26. The molecule has 0 bridgehead atoms. The van der Waals surface area contributed by atoms with Gasteiger partial charge < -0.3 is 9.47 Å². The molecule has 3 nitrogen and oxygen atoms in total. The summed E-state index contributed by atoms with van der Waals surface area (Å²) < 4.78 is 10.7. The van der Waals surface area contributed by atoms with Gasteiger partial charge in [0.15, 0.2) is 5.78 Å². The third-order valence-electron chi connectivity index (χ3n) is 3.52. The van der Waals surface area contributed by atoms with E-state index >= 15 is 0 Å². The molecule has 0 aliphatic heterocycles. The second-order valence-corrected chi connectivity index (χ2v) is 7.39.